The van der Waals surface area contributed by atoms with Crippen LogP contribution in [-0.4, -0.2) is 16.2 Å². The van der Waals surface area contributed by atoms with Crippen LogP contribution >= 0.6 is 0 Å². The van der Waals surface area contributed by atoms with Crippen molar-refractivity contribution in [2.24, 2.45) is 0 Å². The van der Waals surface area contributed by atoms with Crippen molar-refractivity contribution in [3.63, 3.8) is 0 Å². The molecular formula is C19H26N6. The summed E-state index contributed by atoms with van der Waals surface area (Å²) in [4.78, 5) is 8.21. The van der Waals surface area contributed by atoms with Crippen molar-refractivity contribution >= 4 is 23.8 Å². The van der Waals surface area contributed by atoms with Gasteiger partial charge in [-0.25, -0.2) is 0 Å². The first-order valence-corrected chi connectivity index (χ1v) is 8.29. The largest absolute Gasteiger partial charge is 0.383 e. The van der Waals surface area contributed by atoms with Crippen molar-refractivity contribution in [2.75, 3.05) is 16.8 Å². The fraction of sp³-hybridized carbons (Fsp3) is 0.316. The number of nitrogens with zero attached hydrogens (tertiary/aromatic N) is 2. The SMILES string of the molecule is C=C(CCC)C(C)(Nc1nc(N)nc(N)c1C=N)c1ccccc1C. The molecule has 0 amide bonds. The smallest absolute Gasteiger partial charge is 0.223 e. The normalized spacial score (nSPS) is 13.1. The summed E-state index contributed by atoms with van der Waals surface area (Å²) in [6.45, 7) is 10.6. The minimum atomic E-state index is -0.577. The van der Waals surface area contributed by atoms with Crippen LogP contribution in [0.25, 0.3) is 0 Å². The molecule has 0 aliphatic carbocycles. The predicted octanol–water partition coefficient (Wildman–Crippen LogP) is 3.63. The van der Waals surface area contributed by atoms with Gasteiger partial charge in [0.05, 0.1) is 11.1 Å². The van der Waals surface area contributed by atoms with Gasteiger partial charge in [-0.1, -0.05) is 44.2 Å². The summed E-state index contributed by atoms with van der Waals surface area (Å²) >= 11 is 0. The molecule has 0 fully saturated rings. The molecule has 1 aromatic heterocycles. The molecule has 0 bridgehead atoms. The number of rotatable bonds is 7. The van der Waals surface area contributed by atoms with Crippen LogP contribution in [0, 0.1) is 12.3 Å². The zero-order valence-electron chi connectivity index (χ0n) is 15.1. The maximum absolute atomic E-state index is 7.65. The maximum Gasteiger partial charge on any atom is 0.223 e. The molecule has 1 aromatic carbocycles. The second-order valence-corrected chi connectivity index (χ2v) is 6.29. The summed E-state index contributed by atoms with van der Waals surface area (Å²) in [7, 11) is 0. The van der Waals surface area contributed by atoms with Crippen LogP contribution < -0.4 is 16.8 Å². The molecule has 6 heteroatoms. The number of hydrogen-bond acceptors (Lipinski definition) is 6. The summed E-state index contributed by atoms with van der Waals surface area (Å²) in [6.07, 6.45) is 2.97. The van der Waals surface area contributed by atoms with E-state index in [2.05, 4.69) is 54.8 Å². The highest BCUT2D eigenvalue weighted by atomic mass is 15.1. The van der Waals surface area contributed by atoms with Gasteiger partial charge in [0.2, 0.25) is 5.95 Å². The van der Waals surface area contributed by atoms with E-state index in [1.807, 2.05) is 12.1 Å². The number of nitrogen functional groups attached to an aromatic ring is 2. The topological polar surface area (TPSA) is 114 Å². The molecule has 0 aliphatic rings. The first kappa shape index (κ1) is 18.4. The van der Waals surface area contributed by atoms with Gasteiger partial charge >= 0.3 is 0 Å². The predicted molar refractivity (Wildman–Crippen MR) is 105 cm³/mol. The second kappa shape index (κ2) is 7.34. The van der Waals surface area contributed by atoms with Crippen LogP contribution in [0.3, 0.4) is 0 Å². The number of nitrogens with one attached hydrogen (secondary N) is 2. The molecule has 0 saturated heterocycles. The van der Waals surface area contributed by atoms with Crippen LogP contribution in [0.2, 0.25) is 0 Å². The molecule has 0 aliphatic heterocycles. The van der Waals surface area contributed by atoms with Crippen molar-refractivity contribution < 1.29 is 0 Å². The highest BCUT2D eigenvalue weighted by Crippen LogP contribution is 2.37. The Bertz CT molecular complexity index is 798. The highest BCUT2D eigenvalue weighted by Gasteiger charge is 2.32. The standard InChI is InChI=1S/C19H26N6/c1-5-8-13(3)19(4,15-10-7-6-9-12(15)2)25-17-14(11-20)16(21)23-18(22)24-17/h6-7,9-11,20H,3,5,8H2,1-2,4H3,(H5,21,22,23,24,25). The molecule has 6 nitrogen and oxygen atoms in total. The fourth-order valence-electron chi connectivity index (χ4n) is 3.01. The first-order chi connectivity index (χ1) is 11.8. The minimum Gasteiger partial charge on any atom is -0.383 e. The number of aromatic nitrogens is 2. The van der Waals surface area contributed by atoms with Crippen molar-refractivity contribution in [3.05, 3.63) is 53.1 Å². The van der Waals surface area contributed by atoms with E-state index in [1.54, 1.807) is 0 Å². The van der Waals surface area contributed by atoms with Gasteiger partial charge in [0.1, 0.15) is 11.6 Å². The van der Waals surface area contributed by atoms with Crippen molar-refractivity contribution in [3.8, 4) is 0 Å². The van der Waals surface area contributed by atoms with E-state index in [0.29, 0.717) is 11.4 Å². The third-order valence-corrected chi connectivity index (χ3v) is 4.45. The van der Waals surface area contributed by atoms with Crippen molar-refractivity contribution in [1.29, 1.82) is 5.41 Å². The lowest BCUT2D eigenvalue weighted by molar-refractivity contribution is 0.600. The molecule has 6 N–H and O–H groups in total. The Hall–Kier alpha value is -2.89. The molecular weight excluding hydrogens is 312 g/mol. The Kier molecular flexibility index (Phi) is 5.41. The van der Waals surface area contributed by atoms with Gasteiger partial charge in [-0.2, -0.15) is 9.97 Å². The molecule has 132 valence electrons. The monoisotopic (exact) mass is 338 g/mol. The van der Waals surface area contributed by atoms with Crippen LogP contribution in [0.5, 0.6) is 0 Å². The van der Waals surface area contributed by atoms with E-state index in [0.717, 1.165) is 35.8 Å². The summed E-state index contributed by atoms with van der Waals surface area (Å²) < 4.78 is 0. The summed E-state index contributed by atoms with van der Waals surface area (Å²) in [5.41, 5.74) is 14.8. The van der Waals surface area contributed by atoms with E-state index in [4.69, 9.17) is 16.9 Å². The second-order valence-electron chi connectivity index (χ2n) is 6.29. The third kappa shape index (κ3) is 3.63. The van der Waals surface area contributed by atoms with Gasteiger partial charge in [0, 0.05) is 6.21 Å². The number of benzene rings is 1. The number of aryl methyl sites for hydroxylation is 1. The molecule has 1 heterocycles. The zero-order valence-corrected chi connectivity index (χ0v) is 15.1. The van der Waals surface area contributed by atoms with Gasteiger partial charge in [0.25, 0.3) is 0 Å². The van der Waals surface area contributed by atoms with E-state index < -0.39 is 5.54 Å². The Morgan fingerprint density at radius 1 is 1.32 bits per heavy atom. The Labute approximate surface area is 148 Å². The van der Waals surface area contributed by atoms with Crippen LogP contribution in [-0.2, 0) is 5.54 Å². The molecule has 0 radical (unpaired) electrons. The van der Waals surface area contributed by atoms with Gasteiger partial charge in [-0.15, -0.1) is 0 Å². The molecule has 0 spiro atoms. The quantitative estimate of drug-likeness (QED) is 0.455. The molecule has 1 unspecified atom stereocenters. The molecule has 25 heavy (non-hydrogen) atoms. The lowest BCUT2D eigenvalue weighted by atomic mass is 9.80. The van der Waals surface area contributed by atoms with E-state index in [9.17, 15) is 0 Å². The van der Waals surface area contributed by atoms with E-state index >= 15 is 0 Å². The third-order valence-electron chi connectivity index (χ3n) is 4.45. The Balaban J connectivity index is 2.61. The zero-order chi connectivity index (χ0) is 18.6. The van der Waals surface area contributed by atoms with Gasteiger partial charge < -0.3 is 22.2 Å². The lowest BCUT2D eigenvalue weighted by Crippen LogP contribution is -2.35. The summed E-state index contributed by atoms with van der Waals surface area (Å²) in [5.74, 6) is 0.681. The Morgan fingerprint density at radius 3 is 2.60 bits per heavy atom. The van der Waals surface area contributed by atoms with Crippen molar-refractivity contribution in [2.45, 2.75) is 39.2 Å². The van der Waals surface area contributed by atoms with Crippen LogP contribution in [0.4, 0.5) is 17.6 Å². The number of nitrogens with two attached hydrogens (primary N) is 2. The first-order valence-electron chi connectivity index (χ1n) is 8.29. The molecule has 1 atom stereocenters. The van der Waals surface area contributed by atoms with Gasteiger partial charge in [-0.3, -0.25) is 0 Å². The van der Waals surface area contributed by atoms with Crippen LogP contribution in [0.1, 0.15) is 43.4 Å². The number of hydrogen-bond donors (Lipinski definition) is 4. The average molecular weight is 338 g/mol. The van der Waals surface area contributed by atoms with Crippen molar-refractivity contribution in [1.82, 2.24) is 9.97 Å². The Morgan fingerprint density at radius 2 is 2.00 bits per heavy atom. The fourth-order valence-corrected chi connectivity index (χ4v) is 3.01. The lowest BCUT2D eigenvalue weighted by Gasteiger charge is -2.36. The van der Waals surface area contributed by atoms with E-state index in [1.165, 1.54) is 0 Å². The van der Waals surface area contributed by atoms with E-state index in [-0.39, 0.29) is 11.8 Å². The summed E-state index contributed by atoms with van der Waals surface area (Å²) in [6, 6.07) is 8.14. The van der Waals surface area contributed by atoms with Crippen LogP contribution in [0.15, 0.2) is 36.4 Å². The molecule has 0 saturated carbocycles. The van der Waals surface area contributed by atoms with Gasteiger partial charge in [-0.05, 0) is 37.0 Å². The molecule has 2 rings (SSSR count). The average Bonchev–Trinajstić information content (AvgIpc) is 2.55. The summed E-state index contributed by atoms with van der Waals surface area (Å²) in [5, 5.41) is 11.1. The maximum atomic E-state index is 7.65. The highest BCUT2D eigenvalue weighted by molar-refractivity contribution is 5.90. The number of anilines is 3. The molecule has 2 aromatic rings. The van der Waals surface area contributed by atoms with Gasteiger partial charge in [0.15, 0.2) is 0 Å². The minimum absolute atomic E-state index is 0.0684.